The molecule has 12 rings (SSSR count). The van der Waals surface area contributed by atoms with Gasteiger partial charge in [0.1, 0.15) is 5.82 Å². The standard InChI is InChI=1S/C63H52FN/c1-41-30-32-46(33-31-41)63(47-23-17-18-42(2)38-47)57-39-48(64)34-36-55(57)59-53-27-13-14-28-54(53)61(43(3)60(59)63)65(49-24-11-6-12-25-49)50-35-37-52-51-26-15-16-29-56(51)62(58(52)40-50,44-19-7-4-8-20-44)45-21-9-5-10-22-45/h4-30,32-37,39-43,60H,31,38H2,1-3H3. The SMILES string of the molecule is CC1C=CC(C2(C3=CC=CC(C)C3)c3cc(F)ccc3C3=c4ccccc4=C(N(c4ccccc4)c4ccc5c(c4)C(c4ccccc4)(c4ccccc4)c4ccccc4-5)C(C)C32)=CC1. The molecule has 0 bridgehead atoms. The van der Waals surface area contributed by atoms with E-state index in [0.717, 1.165) is 29.8 Å². The topological polar surface area (TPSA) is 3.24 Å². The quantitative estimate of drug-likeness (QED) is 0.155. The first-order valence-corrected chi connectivity index (χ1v) is 23.5. The number of benzene rings is 7. The van der Waals surface area contributed by atoms with E-state index in [1.807, 2.05) is 6.07 Å². The Morgan fingerprint density at radius 3 is 1.91 bits per heavy atom. The molecule has 0 fully saturated rings. The number of rotatable bonds is 7. The van der Waals surface area contributed by atoms with E-state index in [0.29, 0.717) is 11.8 Å². The van der Waals surface area contributed by atoms with Gasteiger partial charge in [-0.1, -0.05) is 202 Å². The molecular formula is C63H52FN. The summed E-state index contributed by atoms with van der Waals surface area (Å²) < 4.78 is 16.1. The summed E-state index contributed by atoms with van der Waals surface area (Å²) >= 11 is 0. The van der Waals surface area contributed by atoms with Crippen LogP contribution in [0, 0.1) is 29.5 Å². The molecule has 0 N–H and O–H groups in total. The van der Waals surface area contributed by atoms with Crippen molar-refractivity contribution < 1.29 is 4.39 Å². The van der Waals surface area contributed by atoms with Gasteiger partial charge >= 0.3 is 0 Å². The van der Waals surface area contributed by atoms with Crippen LogP contribution in [0.2, 0.25) is 0 Å². The normalized spacial score (nSPS) is 23.1. The highest BCUT2D eigenvalue weighted by molar-refractivity contribution is 5.93. The number of hydrogen-bond acceptors (Lipinski definition) is 1. The van der Waals surface area contributed by atoms with Crippen molar-refractivity contribution in [3.63, 3.8) is 0 Å². The maximum absolute atomic E-state index is 16.1. The van der Waals surface area contributed by atoms with Crippen molar-refractivity contribution in [3.05, 3.63) is 273 Å². The summed E-state index contributed by atoms with van der Waals surface area (Å²) in [5.74, 6) is 0.592. The van der Waals surface area contributed by atoms with E-state index in [9.17, 15) is 0 Å². The van der Waals surface area contributed by atoms with Gasteiger partial charge in [0.2, 0.25) is 0 Å². The lowest BCUT2D eigenvalue weighted by molar-refractivity contribution is 0.375. The van der Waals surface area contributed by atoms with Gasteiger partial charge in [0.25, 0.3) is 0 Å². The first kappa shape index (κ1) is 39.6. The Hall–Kier alpha value is -7.03. The van der Waals surface area contributed by atoms with E-state index >= 15 is 4.39 Å². The summed E-state index contributed by atoms with van der Waals surface area (Å²) in [6, 6.07) is 64.1. The molecule has 0 radical (unpaired) electrons. The van der Waals surface area contributed by atoms with Crippen LogP contribution in [0.5, 0.6) is 0 Å². The maximum atomic E-state index is 16.1. The number of anilines is 2. The summed E-state index contributed by atoms with van der Waals surface area (Å²) in [4.78, 5) is 2.57. The Labute approximate surface area is 382 Å². The van der Waals surface area contributed by atoms with Crippen molar-refractivity contribution in [1.29, 1.82) is 0 Å². The van der Waals surface area contributed by atoms with Gasteiger partial charge in [-0.05, 0) is 122 Å². The third-order valence-corrected chi connectivity index (χ3v) is 15.4. The molecule has 5 atom stereocenters. The summed E-state index contributed by atoms with van der Waals surface area (Å²) in [5.41, 5.74) is 16.2. The van der Waals surface area contributed by atoms with Gasteiger partial charge in [0, 0.05) is 39.5 Å². The van der Waals surface area contributed by atoms with E-state index in [2.05, 4.69) is 226 Å². The van der Waals surface area contributed by atoms with E-state index in [1.54, 1.807) is 6.07 Å². The molecular weight excluding hydrogens is 790 g/mol. The average Bonchev–Trinajstić information content (AvgIpc) is 3.82. The second kappa shape index (κ2) is 15.3. The zero-order valence-corrected chi connectivity index (χ0v) is 37.3. The molecule has 7 aromatic rings. The predicted octanol–water partition coefficient (Wildman–Crippen LogP) is 13.9. The lowest BCUT2D eigenvalue weighted by atomic mass is 9.56. The fourth-order valence-corrected chi connectivity index (χ4v) is 12.9. The monoisotopic (exact) mass is 841 g/mol. The maximum Gasteiger partial charge on any atom is 0.123 e. The second-order valence-electron chi connectivity index (χ2n) is 19.0. The Kier molecular flexibility index (Phi) is 9.32. The van der Waals surface area contributed by atoms with Gasteiger partial charge in [-0.2, -0.15) is 0 Å². The molecule has 7 aromatic carbocycles. The Balaban J connectivity index is 1.17. The lowest BCUT2D eigenvalue weighted by Gasteiger charge is -2.48. The Morgan fingerprint density at radius 2 is 1.20 bits per heavy atom. The van der Waals surface area contributed by atoms with Crippen LogP contribution >= 0.6 is 0 Å². The van der Waals surface area contributed by atoms with E-state index in [1.165, 1.54) is 71.8 Å². The van der Waals surface area contributed by atoms with Crippen molar-refractivity contribution in [3.8, 4) is 11.1 Å². The van der Waals surface area contributed by atoms with Crippen molar-refractivity contribution in [2.75, 3.05) is 4.90 Å². The van der Waals surface area contributed by atoms with Crippen LogP contribution in [0.1, 0.15) is 67.0 Å². The van der Waals surface area contributed by atoms with Gasteiger partial charge in [0.15, 0.2) is 0 Å². The third-order valence-electron chi connectivity index (χ3n) is 15.4. The lowest BCUT2D eigenvalue weighted by Crippen LogP contribution is -2.49. The van der Waals surface area contributed by atoms with Crippen LogP contribution in [0.3, 0.4) is 0 Å². The van der Waals surface area contributed by atoms with Crippen LogP contribution in [-0.4, -0.2) is 0 Å². The highest BCUT2D eigenvalue weighted by Gasteiger charge is 2.58. The summed E-state index contributed by atoms with van der Waals surface area (Å²) in [7, 11) is 0. The van der Waals surface area contributed by atoms with Crippen molar-refractivity contribution in [2.45, 2.75) is 44.4 Å². The van der Waals surface area contributed by atoms with Gasteiger partial charge in [-0.25, -0.2) is 4.39 Å². The molecule has 316 valence electrons. The van der Waals surface area contributed by atoms with E-state index in [-0.39, 0.29) is 17.7 Å². The zero-order chi connectivity index (χ0) is 43.9. The van der Waals surface area contributed by atoms with Crippen LogP contribution in [0.25, 0.3) is 22.4 Å². The molecule has 0 saturated heterocycles. The van der Waals surface area contributed by atoms with E-state index in [4.69, 9.17) is 0 Å². The van der Waals surface area contributed by atoms with Crippen molar-refractivity contribution >= 4 is 22.6 Å². The number of hydrogen-bond donors (Lipinski definition) is 0. The van der Waals surface area contributed by atoms with Gasteiger partial charge in [-0.3, -0.25) is 0 Å². The molecule has 1 nitrogen and oxygen atoms in total. The zero-order valence-electron chi connectivity index (χ0n) is 37.3. The first-order chi connectivity index (χ1) is 31.9. The predicted molar refractivity (Wildman–Crippen MR) is 267 cm³/mol. The summed E-state index contributed by atoms with van der Waals surface area (Å²) in [6.45, 7) is 7.08. The molecule has 0 aliphatic heterocycles. The Morgan fingerprint density at radius 1 is 0.554 bits per heavy atom. The molecule has 65 heavy (non-hydrogen) atoms. The highest BCUT2D eigenvalue weighted by atomic mass is 19.1. The molecule has 0 amide bonds. The van der Waals surface area contributed by atoms with Crippen LogP contribution in [0.15, 0.2) is 224 Å². The van der Waals surface area contributed by atoms with Crippen LogP contribution < -0.4 is 15.3 Å². The minimum Gasteiger partial charge on any atom is -0.313 e. The molecule has 0 spiro atoms. The summed E-state index contributed by atoms with van der Waals surface area (Å²) in [5, 5.41) is 2.45. The molecule has 2 heteroatoms. The fraction of sp³-hybridized carbons (Fsp3) is 0.175. The third kappa shape index (κ3) is 5.75. The Bertz CT molecular complexity index is 3240. The number of halogens is 1. The number of fused-ring (bicyclic) bond motifs is 7. The van der Waals surface area contributed by atoms with Crippen molar-refractivity contribution in [1.82, 2.24) is 0 Å². The smallest absolute Gasteiger partial charge is 0.123 e. The van der Waals surface area contributed by atoms with Gasteiger partial charge < -0.3 is 4.90 Å². The average molecular weight is 842 g/mol. The summed E-state index contributed by atoms with van der Waals surface area (Å²) in [6.07, 6.45) is 16.1. The minimum absolute atomic E-state index is 0.00946. The van der Waals surface area contributed by atoms with E-state index < -0.39 is 10.8 Å². The molecule has 0 heterocycles. The fourth-order valence-electron chi connectivity index (χ4n) is 12.9. The minimum atomic E-state index is -0.585. The number of allylic oxidation sites excluding steroid dienone is 8. The molecule has 5 aliphatic carbocycles. The number of para-hydroxylation sites is 1. The molecule has 5 aliphatic rings. The largest absolute Gasteiger partial charge is 0.313 e. The van der Waals surface area contributed by atoms with Gasteiger partial charge in [0.05, 0.1) is 5.41 Å². The molecule has 0 saturated carbocycles. The highest BCUT2D eigenvalue weighted by Crippen LogP contribution is 2.64. The number of nitrogens with zero attached hydrogens (tertiary/aromatic N) is 1. The molecule has 0 aromatic heterocycles. The van der Waals surface area contributed by atoms with Crippen LogP contribution in [0.4, 0.5) is 15.8 Å². The van der Waals surface area contributed by atoms with Crippen LogP contribution in [-0.2, 0) is 10.8 Å². The second-order valence-corrected chi connectivity index (χ2v) is 19.0. The molecule has 5 unspecified atom stereocenters. The van der Waals surface area contributed by atoms with Gasteiger partial charge in [-0.15, -0.1) is 0 Å². The van der Waals surface area contributed by atoms with Crippen molar-refractivity contribution in [2.24, 2.45) is 23.7 Å². The first-order valence-electron chi connectivity index (χ1n) is 23.5.